The molecule has 0 spiro atoms. The van der Waals surface area contributed by atoms with E-state index in [2.05, 4.69) is 107 Å². The first-order valence-electron chi connectivity index (χ1n) is 15.0. The fourth-order valence-electron chi connectivity index (χ4n) is 5.31. The summed E-state index contributed by atoms with van der Waals surface area (Å²) in [5.41, 5.74) is 5.39. The number of phenolic OH excluding ortho intramolecular Hbond substituents is 2. The summed E-state index contributed by atoms with van der Waals surface area (Å²) in [6.07, 6.45) is 7.90. The zero-order valence-electron chi connectivity index (χ0n) is 27.6. The van der Waals surface area contributed by atoms with Gasteiger partial charge in [-0.3, -0.25) is 9.98 Å². The van der Waals surface area contributed by atoms with E-state index in [0.717, 1.165) is 47.9 Å². The molecular weight excluding hydrogens is 551 g/mol. The summed E-state index contributed by atoms with van der Waals surface area (Å²) in [7, 11) is 0. The molecule has 0 radical (unpaired) electrons. The maximum Gasteiger partial charge on any atom is 0.128 e. The van der Waals surface area contributed by atoms with Crippen LogP contribution in [-0.2, 0) is 38.2 Å². The van der Waals surface area contributed by atoms with E-state index in [1.54, 1.807) is 0 Å². The Morgan fingerprint density at radius 2 is 0.878 bits per heavy atom. The van der Waals surface area contributed by atoms with Crippen molar-refractivity contribution >= 4 is 12.4 Å². The summed E-state index contributed by atoms with van der Waals surface area (Å²) in [6, 6.07) is 8.53. The fraction of sp³-hybridized carbons (Fsp3) is 0.611. The number of hydrogen-bond acceptors (Lipinski definition) is 4. The minimum atomic E-state index is -0.179. The van der Waals surface area contributed by atoms with Gasteiger partial charge in [-0.05, 0) is 57.8 Å². The fourth-order valence-corrected chi connectivity index (χ4v) is 5.31. The normalized spacial score (nSPS) is 19.1. The number of phenols is 2. The standard InChI is InChI=1S/C36H54N2O2.Ni/c1-33(2,3)25-17-23(31(39)27(19-25)35(7,8)9)21-37-29-15-13-14-16-30(29)38-22-24-18-26(34(4,5)6)20-28(32(24)40)36(10,11)12;/h17-22,29-30,39-40H,13-16H2,1-12H3;/t29-,30-;/m1./s1. The van der Waals surface area contributed by atoms with Gasteiger partial charge in [-0.25, -0.2) is 0 Å². The summed E-state index contributed by atoms with van der Waals surface area (Å²) in [5.74, 6) is 0.637. The minimum absolute atomic E-state index is 0. The maximum atomic E-state index is 11.2. The van der Waals surface area contributed by atoms with Gasteiger partial charge in [-0.15, -0.1) is 0 Å². The smallest absolute Gasteiger partial charge is 0.128 e. The molecule has 0 heterocycles. The molecule has 2 atom stereocenters. The Balaban J connectivity index is 0.00000588. The van der Waals surface area contributed by atoms with Crippen LogP contribution in [0.3, 0.4) is 0 Å². The minimum Gasteiger partial charge on any atom is -0.507 e. The second-order valence-electron chi connectivity index (χ2n) is 15.9. The van der Waals surface area contributed by atoms with Crippen molar-refractivity contribution in [1.82, 2.24) is 0 Å². The van der Waals surface area contributed by atoms with Crippen LogP contribution in [0.5, 0.6) is 11.5 Å². The maximum absolute atomic E-state index is 11.2. The van der Waals surface area contributed by atoms with Gasteiger partial charge in [0.05, 0.1) is 12.1 Å². The summed E-state index contributed by atoms with van der Waals surface area (Å²) < 4.78 is 0. The van der Waals surface area contributed by atoms with Crippen LogP contribution in [0.2, 0.25) is 0 Å². The van der Waals surface area contributed by atoms with Crippen LogP contribution in [0.15, 0.2) is 34.3 Å². The Hall–Kier alpha value is -2.13. The Labute approximate surface area is 260 Å². The SMILES string of the molecule is CC(C)(C)c1cc(C=N[C@@H]2CCCC[C@H]2N=Cc2cc(C(C)(C)C)cc(C(C)(C)C)c2O)c(O)c(C(C)(C)C)c1.[Ni]. The van der Waals surface area contributed by atoms with E-state index in [0.29, 0.717) is 11.5 Å². The van der Waals surface area contributed by atoms with Crippen LogP contribution in [0.25, 0.3) is 0 Å². The third-order valence-corrected chi connectivity index (χ3v) is 8.13. The number of aliphatic imine (C=N–C) groups is 2. The van der Waals surface area contributed by atoms with Crippen molar-refractivity contribution in [2.24, 2.45) is 9.98 Å². The third kappa shape index (κ3) is 8.69. The quantitative estimate of drug-likeness (QED) is 0.270. The van der Waals surface area contributed by atoms with E-state index in [1.165, 1.54) is 11.1 Å². The molecule has 41 heavy (non-hydrogen) atoms. The van der Waals surface area contributed by atoms with E-state index in [-0.39, 0.29) is 50.2 Å². The average molecular weight is 606 g/mol. The van der Waals surface area contributed by atoms with E-state index < -0.39 is 0 Å². The Morgan fingerprint density at radius 1 is 0.561 bits per heavy atom. The van der Waals surface area contributed by atoms with Gasteiger partial charge in [0.25, 0.3) is 0 Å². The van der Waals surface area contributed by atoms with E-state index in [4.69, 9.17) is 9.98 Å². The van der Waals surface area contributed by atoms with Gasteiger partial charge in [0.1, 0.15) is 11.5 Å². The molecule has 2 aromatic rings. The molecule has 0 aromatic heterocycles. The van der Waals surface area contributed by atoms with Gasteiger partial charge < -0.3 is 10.2 Å². The molecular formula is C36H54N2NiO2. The van der Waals surface area contributed by atoms with Gasteiger partial charge >= 0.3 is 0 Å². The molecule has 1 aliphatic carbocycles. The largest absolute Gasteiger partial charge is 0.507 e. The molecule has 0 bridgehead atoms. The molecule has 1 fully saturated rings. The topological polar surface area (TPSA) is 65.2 Å². The Kier molecular flexibility index (Phi) is 10.8. The predicted molar refractivity (Wildman–Crippen MR) is 172 cm³/mol. The summed E-state index contributed by atoms with van der Waals surface area (Å²) in [6.45, 7) is 26.0. The van der Waals surface area contributed by atoms with Crippen LogP contribution in [0.1, 0.15) is 142 Å². The van der Waals surface area contributed by atoms with Gasteiger partial charge in [0.2, 0.25) is 0 Å². The first kappa shape index (κ1) is 35.1. The molecule has 4 nitrogen and oxygen atoms in total. The third-order valence-electron chi connectivity index (χ3n) is 8.13. The first-order chi connectivity index (χ1) is 18.2. The number of aromatic hydroxyl groups is 2. The number of hydrogen-bond donors (Lipinski definition) is 2. The average Bonchev–Trinajstić information content (AvgIpc) is 2.80. The van der Waals surface area contributed by atoms with Crippen molar-refractivity contribution < 1.29 is 26.7 Å². The van der Waals surface area contributed by atoms with Crippen molar-refractivity contribution in [2.45, 2.75) is 143 Å². The molecule has 1 saturated carbocycles. The van der Waals surface area contributed by atoms with Crippen molar-refractivity contribution in [1.29, 1.82) is 0 Å². The number of rotatable bonds is 4. The molecule has 0 saturated heterocycles. The molecule has 2 N–H and O–H groups in total. The molecule has 1 aliphatic rings. The molecule has 0 amide bonds. The molecule has 5 heteroatoms. The summed E-state index contributed by atoms with van der Waals surface area (Å²) in [5, 5.41) is 22.5. The molecule has 2 aromatic carbocycles. The Morgan fingerprint density at radius 3 is 1.15 bits per heavy atom. The van der Waals surface area contributed by atoms with E-state index in [9.17, 15) is 10.2 Å². The van der Waals surface area contributed by atoms with Crippen molar-refractivity contribution in [3.8, 4) is 11.5 Å². The zero-order chi connectivity index (χ0) is 30.3. The summed E-state index contributed by atoms with van der Waals surface area (Å²) in [4.78, 5) is 10.1. The first-order valence-corrected chi connectivity index (χ1v) is 15.0. The van der Waals surface area contributed by atoms with Gasteiger partial charge in [0.15, 0.2) is 0 Å². The van der Waals surface area contributed by atoms with Crippen LogP contribution in [0, 0.1) is 0 Å². The predicted octanol–water partition coefficient (Wildman–Crippen LogP) is 9.13. The summed E-state index contributed by atoms with van der Waals surface area (Å²) >= 11 is 0. The second-order valence-corrected chi connectivity index (χ2v) is 15.9. The van der Waals surface area contributed by atoms with Gasteiger partial charge in [-0.1, -0.05) is 108 Å². The second kappa shape index (κ2) is 12.6. The van der Waals surface area contributed by atoms with Crippen molar-refractivity contribution in [2.75, 3.05) is 0 Å². The Bertz CT molecular complexity index is 1170. The number of nitrogens with zero attached hydrogens (tertiary/aromatic N) is 2. The van der Waals surface area contributed by atoms with E-state index in [1.807, 2.05) is 12.4 Å². The number of benzene rings is 2. The molecule has 0 unspecified atom stereocenters. The van der Waals surface area contributed by atoms with Crippen molar-refractivity contribution in [3.63, 3.8) is 0 Å². The van der Waals surface area contributed by atoms with Crippen LogP contribution in [0.4, 0.5) is 0 Å². The van der Waals surface area contributed by atoms with Crippen molar-refractivity contribution in [3.05, 3.63) is 57.6 Å². The molecule has 230 valence electrons. The van der Waals surface area contributed by atoms with Crippen LogP contribution < -0.4 is 0 Å². The van der Waals surface area contributed by atoms with Crippen LogP contribution >= 0.6 is 0 Å². The molecule has 3 rings (SSSR count). The van der Waals surface area contributed by atoms with Gasteiger partial charge in [0, 0.05) is 51.2 Å². The zero-order valence-corrected chi connectivity index (χ0v) is 28.5. The van der Waals surface area contributed by atoms with E-state index >= 15 is 0 Å². The molecule has 0 aliphatic heterocycles. The van der Waals surface area contributed by atoms with Crippen LogP contribution in [-0.4, -0.2) is 34.7 Å². The van der Waals surface area contributed by atoms with Gasteiger partial charge in [-0.2, -0.15) is 0 Å². The monoisotopic (exact) mass is 604 g/mol.